The highest BCUT2D eigenvalue weighted by atomic mass is 32.1. The van der Waals surface area contributed by atoms with Crippen molar-refractivity contribution >= 4 is 11.3 Å². The third-order valence-corrected chi connectivity index (χ3v) is 3.44. The molecule has 3 heteroatoms. The molecule has 0 saturated heterocycles. The van der Waals surface area contributed by atoms with Gasteiger partial charge in [-0.25, -0.2) is 0 Å². The first kappa shape index (κ1) is 8.23. The molecule has 2 heterocycles. The van der Waals surface area contributed by atoms with E-state index in [9.17, 15) is 0 Å². The van der Waals surface area contributed by atoms with Gasteiger partial charge in [0.2, 0.25) is 0 Å². The first-order valence-electron chi connectivity index (χ1n) is 4.38. The van der Waals surface area contributed by atoms with Crippen LogP contribution in [0.3, 0.4) is 0 Å². The van der Waals surface area contributed by atoms with Crippen molar-refractivity contribution in [2.24, 2.45) is 5.73 Å². The largest absolute Gasteiger partial charge is 0.323 e. The van der Waals surface area contributed by atoms with Gasteiger partial charge in [0.05, 0.1) is 0 Å². The van der Waals surface area contributed by atoms with Crippen LogP contribution in [0.2, 0.25) is 0 Å². The lowest BCUT2D eigenvalue weighted by molar-refractivity contribution is 0.559. The van der Waals surface area contributed by atoms with Gasteiger partial charge in [0.1, 0.15) is 0 Å². The first-order chi connectivity index (χ1) is 5.83. The lowest BCUT2D eigenvalue weighted by Crippen LogP contribution is -2.32. The summed E-state index contributed by atoms with van der Waals surface area (Å²) in [6, 6.07) is 0.218. The molecular formula is C9H14N2S. The van der Waals surface area contributed by atoms with Crippen LogP contribution in [0.15, 0.2) is 5.38 Å². The molecule has 1 aromatic rings. The van der Waals surface area contributed by atoms with Crippen molar-refractivity contribution in [2.75, 3.05) is 6.54 Å². The van der Waals surface area contributed by atoms with E-state index < -0.39 is 0 Å². The van der Waals surface area contributed by atoms with Gasteiger partial charge in [-0.1, -0.05) is 6.92 Å². The summed E-state index contributed by atoms with van der Waals surface area (Å²) in [5, 5.41) is 5.56. The lowest BCUT2D eigenvalue weighted by Gasteiger charge is -2.21. The zero-order valence-electron chi connectivity index (χ0n) is 7.26. The maximum atomic E-state index is 6.01. The van der Waals surface area contributed by atoms with Crippen molar-refractivity contribution in [3.63, 3.8) is 0 Å². The number of hydrogen-bond acceptors (Lipinski definition) is 3. The topological polar surface area (TPSA) is 38.0 Å². The van der Waals surface area contributed by atoms with Gasteiger partial charge in [-0.05, 0) is 22.9 Å². The molecule has 0 bridgehead atoms. The second kappa shape index (κ2) is 3.17. The van der Waals surface area contributed by atoms with Crippen LogP contribution in [0.5, 0.6) is 0 Å². The molecule has 1 aliphatic rings. The van der Waals surface area contributed by atoms with E-state index in [-0.39, 0.29) is 6.04 Å². The Morgan fingerprint density at radius 3 is 3.33 bits per heavy atom. The molecule has 0 aromatic carbocycles. The number of fused-ring (bicyclic) bond motifs is 1. The molecule has 1 unspecified atom stereocenters. The zero-order valence-corrected chi connectivity index (χ0v) is 8.08. The molecule has 3 N–H and O–H groups in total. The molecule has 0 saturated carbocycles. The van der Waals surface area contributed by atoms with E-state index in [1.807, 2.05) is 11.3 Å². The van der Waals surface area contributed by atoms with Gasteiger partial charge in [0.25, 0.3) is 0 Å². The minimum Gasteiger partial charge on any atom is -0.323 e. The fourth-order valence-electron chi connectivity index (χ4n) is 1.75. The molecule has 0 radical (unpaired) electrons. The first-order valence-corrected chi connectivity index (χ1v) is 5.26. The fraction of sp³-hybridized carbons (Fsp3) is 0.556. The molecule has 1 aliphatic heterocycles. The molecule has 1 atom stereocenters. The molecule has 12 heavy (non-hydrogen) atoms. The van der Waals surface area contributed by atoms with Crippen LogP contribution in [0.1, 0.15) is 29.0 Å². The van der Waals surface area contributed by atoms with Crippen LogP contribution in [-0.4, -0.2) is 6.54 Å². The molecule has 2 nitrogen and oxygen atoms in total. The summed E-state index contributed by atoms with van der Waals surface area (Å²) in [6.45, 7) is 4.13. The Bertz CT molecular complexity index is 267. The van der Waals surface area contributed by atoms with Crippen LogP contribution >= 0.6 is 11.3 Å². The number of aryl methyl sites for hydroxylation is 1. The summed E-state index contributed by atoms with van der Waals surface area (Å²) in [7, 11) is 0. The number of rotatable bonds is 1. The summed E-state index contributed by atoms with van der Waals surface area (Å²) in [5.74, 6) is 0. The van der Waals surface area contributed by atoms with E-state index in [1.165, 1.54) is 16.0 Å². The Morgan fingerprint density at radius 2 is 2.58 bits per heavy atom. The smallest absolute Gasteiger partial charge is 0.0436 e. The summed E-state index contributed by atoms with van der Waals surface area (Å²) in [5.41, 5.74) is 8.88. The Labute approximate surface area is 76.8 Å². The molecular weight excluding hydrogens is 168 g/mol. The van der Waals surface area contributed by atoms with Crippen LogP contribution < -0.4 is 11.1 Å². The summed E-state index contributed by atoms with van der Waals surface area (Å²) >= 11 is 1.84. The van der Waals surface area contributed by atoms with E-state index in [0.717, 1.165) is 19.5 Å². The Kier molecular flexibility index (Phi) is 2.17. The van der Waals surface area contributed by atoms with Crippen molar-refractivity contribution in [3.05, 3.63) is 21.4 Å². The second-order valence-corrected chi connectivity index (χ2v) is 4.15. The van der Waals surface area contributed by atoms with Crippen LogP contribution in [-0.2, 0) is 13.0 Å². The van der Waals surface area contributed by atoms with E-state index in [4.69, 9.17) is 5.73 Å². The average molecular weight is 182 g/mol. The van der Waals surface area contributed by atoms with Crippen molar-refractivity contribution in [1.29, 1.82) is 0 Å². The van der Waals surface area contributed by atoms with Gasteiger partial charge in [-0.2, -0.15) is 0 Å². The van der Waals surface area contributed by atoms with E-state index in [0.29, 0.717) is 0 Å². The van der Waals surface area contributed by atoms with Gasteiger partial charge < -0.3 is 11.1 Å². The van der Waals surface area contributed by atoms with E-state index >= 15 is 0 Å². The maximum absolute atomic E-state index is 6.01. The van der Waals surface area contributed by atoms with Crippen molar-refractivity contribution in [2.45, 2.75) is 25.9 Å². The molecule has 0 fully saturated rings. The van der Waals surface area contributed by atoms with Gasteiger partial charge in [0.15, 0.2) is 0 Å². The Balaban J connectivity index is 2.43. The van der Waals surface area contributed by atoms with Crippen LogP contribution in [0, 0.1) is 0 Å². The Morgan fingerprint density at radius 1 is 1.75 bits per heavy atom. The van der Waals surface area contributed by atoms with Gasteiger partial charge in [-0.15, -0.1) is 11.3 Å². The number of thiophene rings is 1. The van der Waals surface area contributed by atoms with Crippen molar-refractivity contribution in [1.82, 2.24) is 5.32 Å². The number of hydrogen-bond donors (Lipinski definition) is 2. The fourth-order valence-corrected chi connectivity index (χ4v) is 2.92. The van der Waals surface area contributed by atoms with Crippen LogP contribution in [0.25, 0.3) is 0 Å². The monoisotopic (exact) mass is 182 g/mol. The molecule has 1 aromatic heterocycles. The SMILES string of the molecule is CCc1csc2c1C(N)CNC2. The van der Waals surface area contributed by atoms with Gasteiger partial charge >= 0.3 is 0 Å². The van der Waals surface area contributed by atoms with E-state index in [2.05, 4.69) is 17.6 Å². The number of nitrogens with two attached hydrogens (primary N) is 1. The predicted molar refractivity (Wildman–Crippen MR) is 52.3 cm³/mol. The normalized spacial score (nSPS) is 22.3. The molecule has 66 valence electrons. The van der Waals surface area contributed by atoms with Crippen LogP contribution in [0.4, 0.5) is 0 Å². The summed E-state index contributed by atoms with van der Waals surface area (Å²) < 4.78 is 0. The highest BCUT2D eigenvalue weighted by molar-refractivity contribution is 7.10. The Hall–Kier alpha value is -0.380. The molecule has 0 spiro atoms. The molecule has 2 rings (SSSR count). The van der Waals surface area contributed by atoms with Crippen molar-refractivity contribution in [3.8, 4) is 0 Å². The highest BCUT2D eigenvalue weighted by Crippen LogP contribution is 2.30. The summed E-state index contributed by atoms with van der Waals surface area (Å²) in [4.78, 5) is 1.44. The van der Waals surface area contributed by atoms with E-state index in [1.54, 1.807) is 0 Å². The average Bonchev–Trinajstić information content (AvgIpc) is 2.49. The zero-order chi connectivity index (χ0) is 8.55. The molecule has 0 amide bonds. The third-order valence-electron chi connectivity index (χ3n) is 2.39. The minimum absolute atomic E-state index is 0.218. The maximum Gasteiger partial charge on any atom is 0.0436 e. The minimum atomic E-state index is 0.218. The quantitative estimate of drug-likeness (QED) is 0.689. The molecule has 0 aliphatic carbocycles. The second-order valence-electron chi connectivity index (χ2n) is 3.19. The van der Waals surface area contributed by atoms with Crippen molar-refractivity contribution < 1.29 is 0 Å². The highest BCUT2D eigenvalue weighted by Gasteiger charge is 2.20. The standard InChI is InChI=1S/C9H14N2S/c1-2-6-5-12-8-4-11-3-7(10)9(6)8/h5,7,11H,2-4,10H2,1H3. The number of nitrogens with one attached hydrogen (secondary N) is 1. The summed E-state index contributed by atoms with van der Waals surface area (Å²) in [6.07, 6.45) is 1.11. The third kappa shape index (κ3) is 1.18. The predicted octanol–water partition coefficient (Wildman–Crippen LogP) is 1.41. The van der Waals surface area contributed by atoms with Gasteiger partial charge in [-0.3, -0.25) is 0 Å². The lowest BCUT2D eigenvalue weighted by atomic mass is 9.99. The van der Waals surface area contributed by atoms with Gasteiger partial charge in [0, 0.05) is 24.0 Å².